The van der Waals surface area contributed by atoms with Crippen LogP contribution in [-0.2, 0) is 19.1 Å². The summed E-state index contributed by atoms with van der Waals surface area (Å²) in [6, 6.07) is 0.204. The van der Waals surface area contributed by atoms with Crippen LogP contribution < -0.4 is 5.32 Å². The van der Waals surface area contributed by atoms with E-state index in [1.165, 1.54) is 18.6 Å². The first-order chi connectivity index (χ1) is 11.8. The number of ketones is 1. The van der Waals surface area contributed by atoms with Gasteiger partial charge in [0.25, 0.3) is 5.91 Å². The number of hydrogen-bond acceptors (Lipinski definition) is 7. The van der Waals surface area contributed by atoms with Gasteiger partial charge in [-0.15, -0.1) is 0 Å². The average Bonchev–Trinajstić information content (AvgIpc) is 2.58. The van der Waals surface area contributed by atoms with Crippen molar-refractivity contribution in [2.24, 2.45) is 0 Å². The molecular formula is C15H19N5O5. The molecule has 0 fully saturated rings. The average molecular weight is 349 g/mol. The molecule has 0 aliphatic carbocycles. The normalized spacial score (nSPS) is 12.6. The minimum atomic E-state index is -1.60. The Morgan fingerprint density at radius 3 is 2.72 bits per heavy atom. The summed E-state index contributed by atoms with van der Waals surface area (Å²) >= 11 is 0. The van der Waals surface area contributed by atoms with E-state index >= 15 is 0 Å². The molecule has 0 saturated carbocycles. The third-order valence-corrected chi connectivity index (χ3v) is 2.97. The number of aromatic nitrogens is 2. The molecule has 134 valence electrons. The summed E-state index contributed by atoms with van der Waals surface area (Å²) in [5, 5.41) is 12.3. The molecule has 0 saturated heterocycles. The van der Waals surface area contributed by atoms with Gasteiger partial charge in [0.2, 0.25) is 5.78 Å². The Hall–Kier alpha value is -2.97. The molecule has 1 amide bonds. The molecule has 0 aliphatic rings. The molecule has 10 heteroatoms. The highest BCUT2D eigenvalue weighted by Gasteiger charge is 2.28. The van der Waals surface area contributed by atoms with E-state index in [-0.39, 0.29) is 18.5 Å². The maximum absolute atomic E-state index is 12.1. The largest absolute Gasteiger partial charge is 0.461 e. The molecule has 0 unspecified atom stereocenters. The number of aliphatic hydroxyl groups is 1. The Kier molecular flexibility index (Phi) is 8.04. The van der Waals surface area contributed by atoms with E-state index in [9.17, 15) is 19.5 Å². The maximum atomic E-state index is 12.1. The van der Waals surface area contributed by atoms with E-state index < -0.39 is 35.9 Å². The highest BCUT2D eigenvalue weighted by molar-refractivity contribution is 6.25. The van der Waals surface area contributed by atoms with Crippen LogP contribution in [0.15, 0.2) is 18.6 Å². The molecule has 0 bridgehead atoms. The zero-order valence-corrected chi connectivity index (χ0v) is 13.8. The molecule has 25 heavy (non-hydrogen) atoms. The van der Waals surface area contributed by atoms with Gasteiger partial charge in [0, 0.05) is 12.6 Å². The SMILES string of the molecule is CC(C)OC(=O)[C@H](CCC(=O)C=[N+]=[N-])NC(=O)[C@H](O)c1ccncn1. The van der Waals surface area contributed by atoms with Gasteiger partial charge in [-0.2, -0.15) is 4.79 Å². The fourth-order valence-corrected chi connectivity index (χ4v) is 1.83. The number of aliphatic hydroxyl groups excluding tert-OH is 1. The third-order valence-electron chi connectivity index (χ3n) is 2.97. The molecule has 1 rings (SSSR count). The lowest BCUT2D eigenvalue weighted by Crippen LogP contribution is -2.45. The minimum Gasteiger partial charge on any atom is -0.461 e. The molecule has 1 aromatic heterocycles. The van der Waals surface area contributed by atoms with Gasteiger partial charge in [-0.1, -0.05) is 0 Å². The number of nitrogens with one attached hydrogen (secondary N) is 1. The Balaban J connectivity index is 2.80. The van der Waals surface area contributed by atoms with Crippen LogP contribution in [0.2, 0.25) is 0 Å². The number of esters is 1. The van der Waals surface area contributed by atoms with Crippen molar-refractivity contribution < 1.29 is 29.0 Å². The van der Waals surface area contributed by atoms with Crippen LogP contribution in [0.25, 0.3) is 5.53 Å². The van der Waals surface area contributed by atoms with Gasteiger partial charge in [-0.3, -0.25) is 9.59 Å². The number of rotatable bonds is 9. The summed E-state index contributed by atoms with van der Waals surface area (Å²) in [4.78, 5) is 45.6. The number of nitrogens with zero attached hydrogens (tertiary/aromatic N) is 4. The van der Waals surface area contributed by atoms with E-state index in [1.807, 2.05) is 0 Å². The molecule has 0 radical (unpaired) electrons. The fourth-order valence-electron chi connectivity index (χ4n) is 1.83. The first-order valence-corrected chi connectivity index (χ1v) is 7.50. The lowest BCUT2D eigenvalue weighted by Gasteiger charge is -2.20. The summed E-state index contributed by atoms with van der Waals surface area (Å²) < 4.78 is 5.04. The second kappa shape index (κ2) is 10.0. The number of Topliss-reactive ketones (excluding diaryl/α,β-unsaturated/α-hetero) is 1. The van der Waals surface area contributed by atoms with Gasteiger partial charge in [0.05, 0.1) is 11.8 Å². The smallest absolute Gasteiger partial charge is 0.328 e. The predicted molar refractivity (Wildman–Crippen MR) is 84.1 cm³/mol. The van der Waals surface area contributed by atoms with E-state index in [0.29, 0.717) is 6.21 Å². The number of carbonyl (C=O) groups excluding carboxylic acids is 3. The van der Waals surface area contributed by atoms with Gasteiger partial charge < -0.3 is 20.7 Å². The van der Waals surface area contributed by atoms with Crippen LogP contribution in [0.4, 0.5) is 0 Å². The summed E-state index contributed by atoms with van der Waals surface area (Å²) in [6.07, 6.45) is 0.951. The Morgan fingerprint density at radius 1 is 1.44 bits per heavy atom. The van der Waals surface area contributed by atoms with Crippen LogP contribution in [0.1, 0.15) is 38.5 Å². The van der Waals surface area contributed by atoms with Crippen molar-refractivity contribution in [2.75, 3.05) is 0 Å². The van der Waals surface area contributed by atoms with Gasteiger partial charge >= 0.3 is 12.2 Å². The summed E-state index contributed by atoms with van der Waals surface area (Å²) in [5.41, 5.74) is 8.38. The van der Waals surface area contributed by atoms with Crippen LogP contribution in [-0.4, -0.2) is 55.9 Å². The summed E-state index contributed by atoms with van der Waals surface area (Å²) in [7, 11) is 0. The van der Waals surface area contributed by atoms with Crippen molar-refractivity contribution in [1.82, 2.24) is 15.3 Å². The molecule has 10 nitrogen and oxygen atoms in total. The molecule has 2 atom stereocenters. The van der Waals surface area contributed by atoms with E-state index in [1.54, 1.807) is 13.8 Å². The number of amides is 1. The van der Waals surface area contributed by atoms with Crippen molar-refractivity contribution in [3.05, 3.63) is 29.8 Å². The second-order valence-electron chi connectivity index (χ2n) is 5.33. The van der Waals surface area contributed by atoms with Crippen LogP contribution in [0, 0.1) is 0 Å². The second-order valence-corrected chi connectivity index (χ2v) is 5.33. The topological polar surface area (TPSA) is 155 Å². The van der Waals surface area contributed by atoms with Crippen LogP contribution in [0.5, 0.6) is 0 Å². The number of ether oxygens (including phenoxy) is 1. The zero-order chi connectivity index (χ0) is 18.8. The van der Waals surface area contributed by atoms with Crippen molar-refractivity contribution in [2.45, 2.75) is 44.9 Å². The fraction of sp³-hybridized carbons (Fsp3) is 0.467. The number of carbonyl (C=O) groups is 3. The molecule has 0 aliphatic heterocycles. The lowest BCUT2D eigenvalue weighted by atomic mass is 10.1. The lowest BCUT2D eigenvalue weighted by molar-refractivity contribution is -0.152. The van der Waals surface area contributed by atoms with E-state index in [2.05, 4.69) is 20.1 Å². The monoisotopic (exact) mass is 349 g/mol. The molecule has 2 N–H and O–H groups in total. The standard InChI is InChI=1S/C15H19N5O5/c1-9(2)25-15(24)12(4-3-10(21)7-19-16)20-14(23)13(22)11-5-6-17-8-18-11/h5-9,12-13,22H,3-4H2,1-2H3,(H,20,23)/t12-,13+/m0/s1. The molecule has 1 aromatic rings. The van der Waals surface area contributed by atoms with Gasteiger partial charge in [0.1, 0.15) is 12.4 Å². The highest BCUT2D eigenvalue weighted by Crippen LogP contribution is 2.10. The van der Waals surface area contributed by atoms with Crippen molar-refractivity contribution in [1.29, 1.82) is 0 Å². The van der Waals surface area contributed by atoms with Gasteiger partial charge in [-0.05, 0) is 26.3 Å². The zero-order valence-electron chi connectivity index (χ0n) is 13.8. The Labute approximate surface area is 143 Å². The predicted octanol–water partition coefficient (Wildman–Crippen LogP) is -0.404. The summed E-state index contributed by atoms with van der Waals surface area (Å²) in [5.74, 6) is -2.14. The van der Waals surface area contributed by atoms with Crippen molar-refractivity contribution >= 4 is 23.9 Å². The van der Waals surface area contributed by atoms with E-state index in [4.69, 9.17) is 10.3 Å². The number of hydrogen-bond donors (Lipinski definition) is 2. The van der Waals surface area contributed by atoms with Crippen LogP contribution in [0.3, 0.4) is 0 Å². The molecular weight excluding hydrogens is 330 g/mol. The quantitative estimate of drug-likeness (QED) is 0.266. The molecule has 0 spiro atoms. The third kappa shape index (κ3) is 6.98. The van der Waals surface area contributed by atoms with E-state index in [0.717, 1.165) is 0 Å². The first kappa shape index (κ1) is 20.1. The van der Waals surface area contributed by atoms with Gasteiger partial charge in [0.15, 0.2) is 6.10 Å². The van der Waals surface area contributed by atoms with Crippen molar-refractivity contribution in [3.8, 4) is 0 Å². The first-order valence-electron chi connectivity index (χ1n) is 7.50. The molecule has 0 aromatic carbocycles. The maximum Gasteiger partial charge on any atom is 0.328 e. The minimum absolute atomic E-state index is 0.0620. The van der Waals surface area contributed by atoms with Gasteiger partial charge in [-0.25, -0.2) is 14.8 Å². The summed E-state index contributed by atoms with van der Waals surface area (Å²) in [6.45, 7) is 3.27. The Morgan fingerprint density at radius 2 is 2.16 bits per heavy atom. The highest BCUT2D eigenvalue weighted by atomic mass is 16.5. The Bertz CT molecular complexity index is 658. The molecule has 1 heterocycles. The van der Waals surface area contributed by atoms with Crippen LogP contribution >= 0.6 is 0 Å². The van der Waals surface area contributed by atoms with Crippen molar-refractivity contribution in [3.63, 3.8) is 0 Å².